The topological polar surface area (TPSA) is 122 Å². The lowest BCUT2D eigenvalue weighted by molar-refractivity contribution is -0.120. The first-order valence-corrected chi connectivity index (χ1v) is 12.3. The van der Waals surface area contributed by atoms with Gasteiger partial charge in [-0.15, -0.1) is 11.3 Å². The van der Waals surface area contributed by atoms with Crippen molar-refractivity contribution < 1.29 is 9.53 Å². The van der Waals surface area contributed by atoms with Gasteiger partial charge in [-0.05, 0) is 18.9 Å². The van der Waals surface area contributed by atoms with Crippen LogP contribution in [0.5, 0.6) is 0 Å². The summed E-state index contributed by atoms with van der Waals surface area (Å²) in [7, 11) is 1.86. The maximum Gasteiger partial charge on any atom is 0.261 e. The quantitative estimate of drug-likeness (QED) is 0.395. The Morgan fingerprint density at radius 1 is 1.29 bits per heavy atom. The maximum atomic E-state index is 13.0. The molecular weight excluding hydrogens is 468 g/mol. The van der Waals surface area contributed by atoms with Gasteiger partial charge in [-0.2, -0.15) is 10.2 Å². The monoisotopic (exact) mass is 490 g/mol. The fourth-order valence-electron chi connectivity index (χ4n) is 4.89. The van der Waals surface area contributed by atoms with Crippen molar-refractivity contribution in [1.29, 1.82) is 0 Å². The number of ether oxygens (including phenoxy) is 1. The first-order valence-electron chi connectivity index (χ1n) is 11.4. The Kier molecular flexibility index (Phi) is 4.41. The van der Waals surface area contributed by atoms with E-state index >= 15 is 0 Å². The van der Waals surface area contributed by atoms with Crippen LogP contribution in [0.15, 0.2) is 35.6 Å². The second kappa shape index (κ2) is 7.44. The van der Waals surface area contributed by atoms with Crippen molar-refractivity contribution in [2.75, 3.05) is 31.6 Å². The van der Waals surface area contributed by atoms with Crippen LogP contribution >= 0.6 is 11.3 Å². The van der Waals surface area contributed by atoms with Crippen molar-refractivity contribution in [2.45, 2.75) is 18.4 Å². The molecule has 1 spiro atoms. The van der Waals surface area contributed by atoms with E-state index in [0.29, 0.717) is 47.4 Å². The summed E-state index contributed by atoms with van der Waals surface area (Å²) in [6.07, 6.45) is 9.36. The molecule has 1 aliphatic heterocycles. The van der Waals surface area contributed by atoms with Gasteiger partial charge >= 0.3 is 0 Å². The van der Waals surface area contributed by atoms with E-state index in [-0.39, 0.29) is 17.0 Å². The molecule has 7 rings (SSSR count). The number of thiazole rings is 1. The number of H-pyrrole nitrogens is 1. The third-order valence-corrected chi connectivity index (χ3v) is 8.03. The number of rotatable bonds is 4. The van der Waals surface area contributed by atoms with Crippen LogP contribution in [0.3, 0.4) is 0 Å². The number of aromatic amines is 1. The minimum Gasteiger partial charge on any atom is -0.378 e. The lowest BCUT2D eigenvalue weighted by atomic mass is 10.2. The zero-order valence-corrected chi connectivity index (χ0v) is 19.8. The number of aryl methyl sites for hydroxylation is 1. The molecule has 11 nitrogen and oxygen atoms in total. The largest absolute Gasteiger partial charge is 0.378 e. The number of morpholine rings is 1. The number of fused-ring (bicyclic) bond motifs is 5. The zero-order valence-electron chi connectivity index (χ0n) is 18.9. The number of nitrogens with zero attached hydrogens (tertiary/aromatic N) is 6. The molecule has 0 unspecified atom stereocenters. The third-order valence-electron chi connectivity index (χ3n) is 6.88. The predicted octanol–water partition coefficient (Wildman–Crippen LogP) is 1.99. The van der Waals surface area contributed by atoms with Crippen molar-refractivity contribution in [1.82, 2.24) is 34.3 Å². The standard InChI is InChI=1S/C23H22N8O3S/c1-29-9-13(7-25-29)16-10-31-22(35-16)18-20(28-31)19-15(27-21(18)33)6-14(8-24-19)26-17(32)11-30-4-5-34-12-23(30)2-3-23/h6-10H,2-5,11-12H2,1H3,(H,26,32)(H,27,33). The lowest BCUT2D eigenvalue weighted by Crippen LogP contribution is -2.50. The summed E-state index contributed by atoms with van der Waals surface area (Å²) in [6, 6.07) is 1.74. The molecule has 35 heavy (non-hydrogen) atoms. The highest BCUT2D eigenvalue weighted by Crippen LogP contribution is 2.43. The van der Waals surface area contributed by atoms with E-state index in [0.717, 1.165) is 34.7 Å². The molecule has 0 radical (unpaired) electrons. The molecule has 0 atom stereocenters. The van der Waals surface area contributed by atoms with E-state index in [1.165, 1.54) is 11.3 Å². The predicted molar refractivity (Wildman–Crippen MR) is 132 cm³/mol. The summed E-state index contributed by atoms with van der Waals surface area (Å²) in [5, 5.41) is 12.3. The normalized spacial score (nSPS) is 17.6. The number of hydrogen-bond donors (Lipinski definition) is 2. The van der Waals surface area contributed by atoms with Crippen molar-refractivity contribution in [3.63, 3.8) is 0 Å². The summed E-state index contributed by atoms with van der Waals surface area (Å²) < 4.78 is 9.05. The fourth-order valence-corrected chi connectivity index (χ4v) is 5.95. The van der Waals surface area contributed by atoms with Gasteiger partial charge in [0.05, 0.1) is 48.2 Å². The Labute approximate surface area is 202 Å². The van der Waals surface area contributed by atoms with Gasteiger partial charge in [0.1, 0.15) is 21.3 Å². The second-order valence-corrected chi connectivity index (χ2v) is 10.3. The number of pyridine rings is 2. The molecule has 6 heterocycles. The van der Waals surface area contributed by atoms with Crippen molar-refractivity contribution >= 4 is 49.7 Å². The molecule has 2 aliphatic rings. The van der Waals surface area contributed by atoms with Gasteiger partial charge in [-0.25, -0.2) is 4.52 Å². The fraction of sp³-hybridized carbons (Fsp3) is 0.348. The number of aromatic nitrogens is 6. The van der Waals surface area contributed by atoms with Crippen molar-refractivity contribution in [3.8, 4) is 10.4 Å². The number of carbonyl (C=O) groups is 1. The Morgan fingerprint density at radius 2 is 2.17 bits per heavy atom. The van der Waals surface area contributed by atoms with E-state index in [1.54, 1.807) is 27.7 Å². The van der Waals surface area contributed by atoms with Crippen LogP contribution in [-0.4, -0.2) is 72.0 Å². The van der Waals surface area contributed by atoms with Crippen LogP contribution in [0, 0.1) is 0 Å². The molecule has 1 amide bonds. The summed E-state index contributed by atoms with van der Waals surface area (Å²) in [5.41, 5.74) is 2.96. The molecule has 0 aromatic carbocycles. The Bertz CT molecular complexity index is 1690. The highest BCUT2D eigenvalue weighted by atomic mass is 32.1. The summed E-state index contributed by atoms with van der Waals surface area (Å²) in [5.74, 6) is -0.104. The van der Waals surface area contributed by atoms with Crippen LogP contribution in [0.2, 0.25) is 0 Å². The van der Waals surface area contributed by atoms with E-state index < -0.39 is 0 Å². The van der Waals surface area contributed by atoms with E-state index in [4.69, 9.17) is 4.74 Å². The van der Waals surface area contributed by atoms with Gasteiger partial charge < -0.3 is 15.0 Å². The lowest BCUT2D eigenvalue weighted by Gasteiger charge is -2.35. The Hall–Kier alpha value is -3.61. The van der Waals surface area contributed by atoms with E-state index in [9.17, 15) is 9.59 Å². The first kappa shape index (κ1) is 20.7. The van der Waals surface area contributed by atoms with Crippen LogP contribution in [0.1, 0.15) is 12.8 Å². The van der Waals surface area contributed by atoms with Gasteiger partial charge in [0.15, 0.2) is 0 Å². The number of carbonyl (C=O) groups excluding carboxylic acids is 1. The van der Waals surface area contributed by atoms with Crippen molar-refractivity contribution in [3.05, 3.63) is 41.2 Å². The first-order chi connectivity index (χ1) is 17.0. The maximum absolute atomic E-state index is 13.0. The highest BCUT2D eigenvalue weighted by molar-refractivity contribution is 7.21. The number of amides is 1. The third kappa shape index (κ3) is 3.36. The second-order valence-electron chi connectivity index (χ2n) is 9.29. The van der Waals surface area contributed by atoms with E-state index in [2.05, 4.69) is 30.4 Å². The van der Waals surface area contributed by atoms with Crippen LogP contribution < -0.4 is 10.9 Å². The molecule has 1 saturated carbocycles. The molecule has 5 aromatic rings. The van der Waals surface area contributed by atoms with Gasteiger partial charge in [-0.1, -0.05) is 0 Å². The molecule has 2 N–H and O–H groups in total. The van der Waals surface area contributed by atoms with Crippen LogP contribution in [0.25, 0.3) is 37.2 Å². The number of anilines is 1. The van der Waals surface area contributed by atoms with E-state index in [1.807, 2.05) is 19.4 Å². The summed E-state index contributed by atoms with van der Waals surface area (Å²) >= 11 is 1.48. The molecule has 2 fully saturated rings. The molecule has 1 saturated heterocycles. The van der Waals surface area contributed by atoms with Gasteiger partial charge in [0, 0.05) is 37.1 Å². The smallest absolute Gasteiger partial charge is 0.261 e. The average molecular weight is 491 g/mol. The molecule has 178 valence electrons. The van der Waals surface area contributed by atoms with Gasteiger partial charge in [0.2, 0.25) is 5.91 Å². The van der Waals surface area contributed by atoms with Gasteiger partial charge in [0.25, 0.3) is 5.56 Å². The van der Waals surface area contributed by atoms with Gasteiger partial charge in [-0.3, -0.25) is 24.2 Å². The van der Waals surface area contributed by atoms with Crippen LogP contribution in [0.4, 0.5) is 5.69 Å². The molecule has 0 bridgehead atoms. The molecule has 5 aromatic heterocycles. The summed E-state index contributed by atoms with van der Waals surface area (Å²) in [4.78, 5) is 37.2. The Balaban J connectivity index is 1.20. The summed E-state index contributed by atoms with van der Waals surface area (Å²) in [6.45, 7) is 2.42. The highest BCUT2D eigenvalue weighted by Gasteiger charge is 2.50. The zero-order chi connectivity index (χ0) is 23.7. The minimum absolute atomic E-state index is 0.0406. The molecular formula is C23H22N8O3S. The number of hydrogen-bond acceptors (Lipinski definition) is 8. The van der Waals surface area contributed by atoms with Crippen molar-refractivity contribution in [2.24, 2.45) is 7.05 Å². The Morgan fingerprint density at radius 3 is 2.97 bits per heavy atom. The number of nitrogens with one attached hydrogen (secondary N) is 2. The average Bonchev–Trinajstić information content (AvgIpc) is 3.14. The SMILES string of the molecule is Cn1cc(-c2cn3nc4c5ncc(NC(=O)CN6CCOCC67CC7)cc5[nH]c(=O)c4c3s2)cn1. The minimum atomic E-state index is -0.239. The molecule has 1 aliphatic carbocycles. The van der Waals surface area contributed by atoms with Crippen LogP contribution in [-0.2, 0) is 16.6 Å². The molecule has 12 heteroatoms.